The molecule has 4 heteroatoms. The van der Waals surface area contributed by atoms with Crippen LogP contribution >= 0.6 is 27.5 Å². The summed E-state index contributed by atoms with van der Waals surface area (Å²) < 4.78 is 6.24. The van der Waals surface area contributed by atoms with Crippen molar-refractivity contribution in [1.82, 2.24) is 4.90 Å². The second-order valence-electron chi connectivity index (χ2n) is 4.39. The van der Waals surface area contributed by atoms with Gasteiger partial charge in [0.25, 0.3) is 0 Å². The molecule has 2 nitrogen and oxygen atoms in total. The van der Waals surface area contributed by atoms with E-state index in [9.17, 15) is 0 Å². The fourth-order valence-electron chi connectivity index (χ4n) is 2.32. The largest absolute Gasteiger partial charge is 0.496 e. The second-order valence-corrected chi connectivity index (χ2v) is 5.55. The SMILES string of the molecule is COc1ccc(CN2CCCC2CCl)cc1Br. The normalized spacial score (nSPS) is 20.8. The lowest BCUT2D eigenvalue weighted by Crippen LogP contribution is -2.30. The van der Waals surface area contributed by atoms with E-state index in [1.807, 2.05) is 6.07 Å². The van der Waals surface area contributed by atoms with Crippen molar-refractivity contribution in [1.29, 1.82) is 0 Å². The standard InChI is InChI=1S/C13H17BrClNO/c1-17-13-5-4-10(7-12(13)14)9-16-6-2-3-11(16)8-15/h4-5,7,11H,2-3,6,8-9H2,1H3. The fraction of sp³-hybridized carbons (Fsp3) is 0.538. The fourth-order valence-corrected chi connectivity index (χ4v) is 3.26. The Labute approximate surface area is 116 Å². The average molecular weight is 319 g/mol. The van der Waals surface area contributed by atoms with Crippen LogP contribution in [-0.2, 0) is 6.54 Å². The summed E-state index contributed by atoms with van der Waals surface area (Å²) in [4.78, 5) is 2.46. The van der Waals surface area contributed by atoms with E-state index in [-0.39, 0.29) is 0 Å². The Kier molecular flexibility index (Phi) is 4.71. The van der Waals surface area contributed by atoms with Crippen molar-refractivity contribution in [3.05, 3.63) is 28.2 Å². The van der Waals surface area contributed by atoms with Crippen LogP contribution in [0.15, 0.2) is 22.7 Å². The lowest BCUT2D eigenvalue weighted by atomic mass is 10.2. The van der Waals surface area contributed by atoms with Crippen molar-refractivity contribution in [3.8, 4) is 5.75 Å². The van der Waals surface area contributed by atoms with Gasteiger partial charge in [0.2, 0.25) is 0 Å². The molecule has 0 N–H and O–H groups in total. The van der Waals surface area contributed by atoms with Crippen LogP contribution in [0.2, 0.25) is 0 Å². The molecule has 1 aliphatic rings. The molecule has 1 fully saturated rings. The molecule has 1 unspecified atom stereocenters. The van der Waals surface area contributed by atoms with Crippen molar-refractivity contribution < 1.29 is 4.74 Å². The second kappa shape index (κ2) is 6.07. The highest BCUT2D eigenvalue weighted by atomic mass is 79.9. The first kappa shape index (κ1) is 13.2. The summed E-state index contributed by atoms with van der Waals surface area (Å²) in [6.45, 7) is 2.13. The van der Waals surface area contributed by atoms with Gasteiger partial charge in [-0.2, -0.15) is 0 Å². The molecule has 1 aromatic rings. The zero-order valence-electron chi connectivity index (χ0n) is 9.96. The minimum absolute atomic E-state index is 0.539. The van der Waals surface area contributed by atoms with Crippen LogP contribution in [0.1, 0.15) is 18.4 Å². The van der Waals surface area contributed by atoms with E-state index in [2.05, 4.69) is 33.0 Å². The maximum Gasteiger partial charge on any atom is 0.133 e. The molecule has 0 aromatic heterocycles. The number of rotatable bonds is 4. The molecule has 0 radical (unpaired) electrons. The van der Waals surface area contributed by atoms with Crippen molar-refractivity contribution in [3.63, 3.8) is 0 Å². The number of ether oxygens (including phenoxy) is 1. The third-order valence-corrected chi connectivity index (χ3v) is 4.25. The number of alkyl halides is 1. The molecule has 0 aliphatic carbocycles. The van der Waals surface area contributed by atoms with Crippen molar-refractivity contribution in [2.45, 2.75) is 25.4 Å². The van der Waals surface area contributed by atoms with Crippen LogP contribution in [0.25, 0.3) is 0 Å². The molecule has 1 aliphatic heterocycles. The van der Waals surface area contributed by atoms with E-state index in [1.165, 1.54) is 18.4 Å². The summed E-state index contributed by atoms with van der Waals surface area (Å²) >= 11 is 9.50. The zero-order chi connectivity index (χ0) is 12.3. The lowest BCUT2D eigenvalue weighted by molar-refractivity contribution is 0.262. The third-order valence-electron chi connectivity index (χ3n) is 3.28. The number of hydrogen-bond donors (Lipinski definition) is 0. The molecule has 94 valence electrons. The summed E-state index contributed by atoms with van der Waals surface area (Å²) in [5.74, 6) is 1.61. The van der Waals surface area contributed by atoms with Crippen LogP contribution in [0.5, 0.6) is 5.75 Å². The first-order valence-corrected chi connectivity index (χ1v) is 7.19. The minimum Gasteiger partial charge on any atom is -0.496 e. The summed E-state index contributed by atoms with van der Waals surface area (Å²) in [6, 6.07) is 6.79. The Balaban J connectivity index is 2.05. The molecule has 17 heavy (non-hydrogen) atoms. The van der Waals surface area contributed by atoms with Crippen LogP contribution in [0.3, 0.4) is 0 Å². The molecule has 2 rings (SSSR count). The van der Waals surface area contributed by atoms with Crippen molar-refractivity contribution in [2.75, 3.05) is 19.5 Å². The third kappa shape index (κ3) is 3.15. The first-order valence-electron chi connectivity index (χ1n) is 5.87. The van der Waals surface area contributed by atoms with E-state index in [4.69, 9.17) is 16.3 Å². The monoisotopic (exact) mass is 317 g/mol. The minimum atomic E-state index is 0.539. The van der Waals surface area contributed by atoms with E-state index < -0.39 is 0 Å². The maximum absolute atomic E-state index is 5.98. The van der Waals surface area contributed by atoms with E-state index in [1.54, 1.807) is 7.11 Å². The number of benzene rings is 1. The number of halogens is 2. The van der Waals surface area contributed by atoms with E-state index in [0.29, 0.717) is 6.04 Å². The maximum atomic E-state index is 5.98. The van der Waals surface area contributed by atoms with Gasteiger partial charge in [-0.25, -0.2) is 0 Å². The molecule has 1 heterocycles. The summed E-state index contributed by atoms with van der Waals surface area (Å²) in [5, 5.41) is 0. The topological polar surface area (TPSA) is 12.5 Å². The Bertz CT molecular complexity index is 386. The molecule has 0 bridgehead atoms. The molecule has 1 saturated heterocycles. The molecule has 0 saturated carbocycles. The quantitative estimate of drug-likeness (QED) is 0.786. The predicted molar refractivity (Wildman–Crippen MR) is 74.8 cm³/mol. The molecule has 1 aromatic carbocycles. The molecule has 0 spiro atoms. The average Bonchev–Trinajstić information content (AvgIpc) is 2.76. The highest BCUT2D eigenvalue weighted by Gasteiger charge is 2.23. The van der Waals surface area contributed by atoms with Crippen LogP contribution < -0.4 is 4.74 Å². The zero-order valence-corrected chi connectivity index (χ0v) is 12.3. The van der Waals surface area contributed by atoms with Gasteiger partial charge in [-0.1, -0.05) is 6.07 Å². The Morgan fingerprint density at radius 2 is 2.35 bits per heavy atom. The Morgan fingerprint density at radius 3 is 3.00 bits per heavy atom. The van der Waals surface area contributed by atoms with Crippen molar-refractivity contribution >= 4 is 27.5 Å². The van der Waals surface area contributed by atoms with E-state index in [0.717, 1.165) is 29.2 Å². The lowest BCUT2D eigenvalue weighted by Gasteiger charge is -2.22. The predicted octanol–water partition coefficient (Wildman–Crippen LogP) is 3.66. The van der Waals surface area contributed by atoms with Gasteiger partial charge in [0.15, 0.2) is 0 Å². The van der Waals surface area contributed by atoms with Gasteiger partial charge in [0.05, 0.1) is 11.6 Å². The number of likely N-dealkylation sites (tertiary alicyclic amines) is 1. The van der Waals surface area contributed by atoms with E-state index >= 15 is 0 Å². The smallest absolute Gasteiger partial charge is 0.133 e. The Morgan fingerprint density at radius 1 is 1.53 bits per heavy atom. The highest BCUT2D eigenvalue weighted by molar-refractivity contribution is 9.10. The molecular weight excluding hydrogens is 302 g/mol. The van der Waals surface area contributed by atoms with Crippen LogP contribution in [0, 0.1) is 0 Å². The van der Waals surface area contributed by atoms with Gasteiger partial charge in [-0.15, -0.1) is 11.6 Å². The number of hydrogen-bond acceptors (Lipinski definition) is 2. The van der Waals surface area contributed by atoms with Gasteiger partial charge in [0.1, 0.15) is 5.75 Å². The van der Waals surface area contributed by atoms with Gasteiger partial charge in [0, 0.05) is 18.5 Å². The summed E-state index contributed by atoms with van der Waals surface area (Å²) in [6.07, 6.45) is 2.48. The van der Waals surface area contributed by atoms with Crippen molar-refractivity contribution in [2.24, 2.45) is 0 Å². The summed E-state index contributed by atoms with van der Waals surface area (Å²) in [5.41, 5.74) is 1.30. The number of methoxy groups -OCH3 is 1. The Hall–Kier alpha value is -0.250. The van der Waals surface area contributed by atoms with Crippen LogP contribution in [0.4, 0.5) is 0 Å². The first-order chi connectivity index (χ1) is 8.24. The summed E-state index contributed by atoms with van der Waals surface area (Å²) in [7, 11) is 1.68. The van der Waals surface area contributed by atoms with Gasteiger partial charge < -0.3 is 4.74 Å². The van der Waals surface area contributed by atoms with Crippen LogP contribution in [-0.4, -0.2) is 30.5 Å². The van der Waals surface area contributed by atoms with Gasteiger partial charge in [-0.3, -0.25) is 4.90 Å². The number of nitrogens with zero attached hydrogens (tertiary/aromatic N) is 1. The molecule has 0 amide bonds. The molecule has 1 atom stereocenters. The van der Waals surface area contributed by atoms with Gasteiger partial charge >= 0.3 is 0 Å². The van der Waals surface area contributed by atoms with Gasteiger partial charge in [-0.05, 0) is 53.0 Å². The molecular formula is C13H17BrClNO. The highest BCUT2D eigenvalue weighted by Crippen LogP contribution is 2.27.